The molecule has 2 heterocycles. The van der Waals surface area contributed by atoms with Gasteiger partial charge in [-0.2, -0.15) is 0 Å². The Kier molecular flexibility index (Phi) is 6.97. The van der Waals surface area contributed by atoms with Crippen LogP contribution < -0.4 is 10.6 Å². The highest BCUT2D eigenvalue weighted by molar-refractivity contribution is 5.76. The van der Waals surface area contributed by atoms with Gasteiger partial charge < -0.3 is 25.2 Å². The molecule has 31 heavy (non-hydrogen) atoms. The van der Waals surface area contributed by atoms with Crippen LogP contribution in [0.1, 0.15) is 29.5 Å². The van der Waals surface area contributed by atoms with Crippen molar-refractivity contribution in [3.05, 3.63) is 71.0 Å². The average Bonchev–Trinajstić information content (AvgIpc) is 3.27. The van der Waals surface area contributed by atoms with Gasteiger partial charge in [0.25, 0.3) is 0 Å². The second kappa shape index (κ2) is 9.87. The van der Waals surface area contributed by atoms with Gasteiger partial charge >= 0.3 is 0 Å². The zero-order valence-electron chi connectivity index (χ0n) is 17.6. The van der Waals surface area contributed by atoms with E-state index in [2.05, 4.69) is 29.7 Å². The first-order valence-electron chi connectivity index (χ1n) is 10.7. The van der Waals surface area contributed by atoms with Crippen LogP contribution in [0.3, 0.4) is 0 Å². The van der Waals surface area contributed by atoms with E-state index in [-0.39, 0.29) is 36.5 Å². The van der Waals surface area contributed by atoms with Crippen LogP contribution in [0.25, 0.3) is 0 Å². The van der Waals surface area contributed by atoms with Gasteiger partial charge in [-0.15, -0.1) is 0 Å². The lowest BCUT2D eigenvalue weighted by atomic mass is 10.1. The fourth-order valence-electron chi connectivity index (χ4n) is 4.25. The van der Waals surface area contributed by atoms with E-state index in [1.807, 2.05) is 12.1 Å². The van der Waals surface area contributed by atoms with Crippen LogP contribution in [-0.2, 0) is 27.4 Å². The van der Waals surface area contributed by atoms with Crippen LogP contribution in [0.15, 0.2) is 48.5 Å². The Hall–Kier alpha value is -2.32. The van der Waals surface area contributed by atoms with Gasteiger partial charge in [0.15, 0.2) is 0 Å². The molecule has 6 nitrogen and oxygen atoms in total. The smallest absolute Gasteiger partial charge is 0.222 e. The van der Waals surface area contributed by atoms with Crippen LogP contribution in [-0.4, -0.2) is 48.1 Å². The highest BCUT2D eigenvalue weighted by Crippen LogP contribution is 2.35. The minimum absolute atomic E-state index is 0.139. The van der Waals surface area contributed by atoms with Gasteiger partial charge in [0.2, 0.25) is 5.91 Å². The van der Waals surface area contributed by atoms with Crippen molar-refractivity contribution in [2.75, 3.05) is 6.54 Å². The molecular formula is C24H29FN2O4. The van der Waals surface area contributed by atoms with Crippen LogP contribution in [0, 0.1) is 12.7 Å². The van der Waals surface area contributed by atoms with Crippen LogP contribution >= 0.6 is 0 Å². The lowest BCUT2D eigenvalue weighted by Crippen LogP contribution is -2.39. The molecule has 0 unspecified atom stereocenters. The van der Waals surface area contributed by atoms with E-state index < -0.39 is 12.2 Å². The first-order chi connectivity index (χ1) is 15.0. The number of hydrogen-bond acceptors (Lipinski definition) is 5. The predicted molar refractivity (Wildman–Crippen MR) is 114 cm³/mol. The highest BCUT2D eigenvalue weighted by Gasteiger charge is 2.50. The van der Waals surface area contributed by atoms with Gasteiger partial charge in [-0.3, -0.25) is 4.79 Å². The molecule has 4 rings (SSSR count). The van der Waals surface area contributed by atoms with Crippen LogP contribution in [0.2, 0.25) is 0 Å². The number of aryl methyl sites for hydroxylation is 1. The summed E-state index contributed by atoms with van der Waals surface area (Å²) in [6.45, 7) is 3.67. The number of fused-ring (bicyclic) bond motifs is 1. The quantitative estimate of drug-likeness (QED) is 0.601. The number of rotatable bonds is 8. The summed E-state index contributed by atoms with van der Waals surface area (Å²) >= 11 is 0. The van der Waals surface area contributed by atoms with E-state index in [0.29, 0.717) is 26.1 Å². The molecule has 0 aliphatic carbocycles. The molecule has 2 aliphatic heterocycles. The summed E-state index contributed by atoms with van der Waals surface area (Å²) in [5.41, 5.74) is 3.28. The summed E-state index contributed by atoms with van der Waals surface area (Å²) in [7, 11) is 0. The van der Waals surface area contributed by atoms with Crippen molar-refractivity contribution in [2.45, 2.75) is 63.4 Å². The average molecular weight is 429 g/mol. The van der Waals surface area contributed by atoms with Crippen molar-refractivity contribution < 1.29 is 23.8 Å². The molecule has 0 saturated carbocycles. The standard InChI is InChI=1S/C24H29FN2O4/c1-15-4-2-3-5-17(15)13-26-14-21-23(29)24-20(31-21)10-19(30-24)11-22(28)27-12-16-6-8-18(25)9-7-16/h2-9,19-21,23-24,26,29H,10-14H2,1H3,(H,27,28)/t19-,20-,21-,23-,24+/m1/s1. The Morgan fingerprint density at radius 2 is 1.90 bits per heavy atom. The van der Waals surface area contributed by atoms with E-state index >= 15 is 0 Å². The molecule has 2 aromatic rings. The minimum atomic E-state index is -0.721. The third-order valence-electron chi connectivity index (χ3n) is 6.02. The summed E-state index contributed by atoms with van der Waals surface area (Å²) in [6, 6.07) is 14.2. The number of nitrogens with one attached hydrogen (secondary N) is 2. The summed E-state index contributed by atoms with van der Waals surface area (Å²) < 4.78 is 24.9. The molecule has 0 spiro atoms. The Balaban J connectivity index is 1.18. The fourth-order valence-corrected chi connectivity index (χ4v) is 4.25. The van der Waals surface area contributed by atoms with Gasteiger partial charge in [-0.1, -0.05) is 36.4 Å². The zero-order chi connectivity index (χ0) is 21.8. The van der Waals surface area contributed by atoms with Crippen LogP contribution in [0.5, 0.6) is 0 Å². The largest absolute Gasteiger partial charge is 0.388 e. The number of ether oxygens (including phenoxy) is 2. The maximum atomic E-state index is 12.9. The van der Waals surface area contributed by atoms with Gasteiger partial charge in [-0.25, -0.2) is 4.39 Å². The third-order valence-corrected chi connectivity index (χ3v) is 6.02. The molecule has 2 aliphatic rings. The van der Waals surface area contributed by atoms with Crippen molar-refractivity contribution in [1.82, 2.24) is 10.6 Å². The third kappa shape index (κ3) is 5.49. The number of carbonyl (C=O) groups excluding carboxylic acids is 1. The summed E-state index contributed by atoms with van der Waals surface area (Å²) in [4.78, 5) is 12.2. The lowest BCUT2D eigenvalue weighted by molar-refractivity contribution is -0.124. The highest BCUT2D eigenvalue weighted by atomic mass is 19.1. The first kappa shape index (κ1) is 21.9. The van der Waals surface area contributed by atoms with E-state index in [1.54, 1.807) is 12.1 Å². The van der Waals surface area contributed by atoms with Crippen LogP contribution in [0.4, 0.5) is 4.39 Å². The maximum absolute atomic E-state index is 12.9. The van der Waals surface area contributed by atoms with Crippen molar-refractivity contribution >= 4 is 5.91 Å². The van der Waals surface area contributed by atoms with E-state index in [9.17, 15) is 14.3 Å². The number of benzene rings is 2. The Bertz CT molecular complexity index is 891. The monoisotopic (exact) mass is 428 g/mol. The van der Waals surface area contributed by atoms with Gasteiger partial charge in [0.05, 0.1) is 24.7 Å². The minimum Gasteiger partial charge on any atom is -0.388 e. The maximum Gasteiger partial charge on any atom is 0.222 e. The number of aliphatic hydroxyl groups excluding tert-OH is 1. The van der Waals surface area contributed by atoms with E-state index in [1.165, 1.54) is 23.3 Å². The van der Waals surface area contributed by atoms with Crippen molar-refractivity contribution in [1.29, 1.82) is 0 Å². The number of hydrogen-bond donors (Lipinski definition) is 3. The lowest BCUT2D eigenvalue weighted by Gasteiger charge is -2.20. The normalized spacial score (nSPS) is 27.3. The second-order valence-corrected chi connectivity index (χ2v) is 8.33. The topological polar surface area (TPSA) is 79.8 Å². The van der Waals surface area contributed by atoms with Crippen molar-refractivity contribution in [2.24, 2.45) is 0 Å². The summed E-state index contributed by atoms with van der Waals surface area (Å²) in [6.07, 6.45) is -1.14. The molecule has 2 aromatic carbocycles. The summed E-state index contributed by atoms with van der Waals surface area (Å²) in [5, 5.41) is 16.8. The Labute approximate surface area is 181 Å². The number of carbonyl (C=O) groups is 1. The number of aliphatic hydroxyl groups is 1. The van der Waals surface area contributed by atoms with E-state index in [4.69, 9.17) is 9.47 Å². The molecule has 5 atom stereocenters. The van der Waals surface area contributed by atoms with E-state index in [0.717, 1.165) is 5.56 Å². The molecule has 7 heteroatoms. The SMILES string of the molecule is Cc1ccccc1CNC[C@H]1O[C@@H]2C[C@H](CC(=O)NCc3ccc(F)cc3)O[C@@H]2[C@@H]1O. The van der Waals surface area contributed by atoms with Gasteiger partial charge in [0.1, 0.15) is 18.0 Å². The summed E-state index contributed by atoms with van der Waals surface area (Å²) in [5.74, 6) is -0.441. The molecule has 2 fully saturated rings. The Morgan fingerprint density at radius 1 is 1.13 bits per heavy atom. The second-order valence-electron chi connectivity index (χ2n) is 8.33. The first-order valence-corrected chi connectivity index (χ1v) is 10.7. The molecular weight excluding hydrogens is 399 g/mol. The molecule has 1 amide bonds. The predicted octanol–water partition coefficient (Wildman–Crippen LogP) is 2.22. The van der Waals surface area contributed by atoms with Gasteiger partial charge in [0, 0.05) is 26.1 Å². The molecule has 2 saturated heterocycles. The molecule has 3 N–H and O–H groups in total. The Morgan fingerprint density at radius 3 is 2.65 bits per heavy atom. The number of halogens is 1. The molecule has 0 aromatic heterocycles. The van der Waals surface area contributed by atoms with Gasteiger partial charge in [-0.05, 0) is 35.7 Å². The fraction of sp³-hybridized carbons (Fsp3) is 0.458. The molecule has 0 bridgehead atoms. The molecule has 0 radical (unpaired) electrons. The molecule has 166 valence electrons. The van der Waals surface area contributed by atoms with Crippen molar-refractivity contribution in [3.63, 3.8) is 0 Å². The number of amides is 1. The zero-order valence-corrected chi connectivity index (χ0v) is 17.6. The van der Waals surface area contributed by atoms with Crippen molar-refractivity contribution in [3.8, 4) is 0 Å².